The number of amides is 2. The van der Waals surface area contributed by atoms with Crippen molar-refractivity contribution >= 4 is 11.8 Å². The summed E-state index contributed by atoms with van der Waals surface area (Å²) in [5, 5.41) is 2.81. The number of hydrogen-bond donors (Lipinski definition) is 1. The largest absolute Gasteiger partial charge is 0.381 e. The van der Waals surface area contributed by atoms with Crippen molar-refractivity contribution < 1.29 is 14.3 Å². The van der Waals surface area contributed by atoms with E-state index >= 15 is 0 Å². The van der Waals surface area contributed by atoms with Gasteiger partial charge in [-0.05, 0) is 46.5 Å². The van der Waals surface area contributed by atoms with Crippen LogP contribution in [-0.2, 0) is 14.3 Å². The molecule has 0 unspecified atom stereocenters. The molecule has 2 fully saturated rings. The summed E-state index contributed by atoms with van der Waals surface area (Å²) in [6.45, 7) is 9.31. The average molecular weight is 268 g/mol. The van der Waals surface area contributed by atoms with Crippen LogP contribution in [0.4, 0.5) is 0 Å². The van der Waals surface area contributed by atoms with Crippen LogP contribution >= 0.6 is 0 Å². The van der Waals surface area contributed by atoms with Crippen LogP contribution in [0.2, 0.25) is 0 Å². The van der Waals surface area contributed by atoms with E-state index in [2.05, 4.69) is 5.32 Å². The fraction of sp³-hybridized carbons (Fsp3) is 0.857. The number of ether oxygens (including phenoxy) is 1. The summed E-state index contributed by atoms with van der Waals surface area (Å²) in [5.74, 6) is 0.353. The molecule has 1 N–H and O–H groups in total. The van der Waals surface area contributed by atoms with Gasteiger partial charge < -0.3 is 15.0 Å². The molecule has 2 rings (SSSR count). The van der Waals surface area contributed by atoms with Crippen molar-refractivity contribution in [1.82, 2.24) is 10.2 Å². The standard InChI is InChI=1S/C14H24N2O3/c1-13(2)12(18)16(14(3,4)11(17)15-13)9-10-5-7-19-8-6-10/h10H,5-9H2,1-4H3,(H,15,17). The molecule has 0 radical (unpaired) electrons. The fourth-order valence-electron chi connectivity index (χ4n) is 2.70. The SMILES string of the molecule is CC1(C)NC(=O)C(C)(C)N(CC2CCOCC2)C1=O. The molecule has 2 aliphatic heterocycles. The summed E-state index contributed by atoms with van der Waals surface area (Å²) in [7, 11) is 0. The third kappa shape index (κ3) is 2.61. The van der Waals surface area contributed by atoms with Gasteiger partial charge in [0.25, 0.3) is 0 Å². The Morgan fingerprint density at radius 1 is 1.21 bits per heavy atom. The Kier molecular flexibility index (Phi) is 3.60. The summed E-state index contributed by atoms with van der Waals surface area (Å²) in [5.41, 5.74) is -1.58. The molecule has 0 bridgehead atoms. The number of nitrogens with zero attached hydrogens (tertiary/aromatic N) is 1. The Morgan fingerprint density at radius 2 is 1.79 bits per heavy atom. The maximum absolute atomic E-state index is 12.6. The van der Waals surface area contributed by atoms with Crippen LogP contribution < -0.4 is 5.32 Å². The first-order chi connectivity index (χ1) is 8.75. The number of piperazine rings is 1. The van der Waals surface area contributed by atoms with Crippen molar-refractivity contribution in [3.63, 3.8) is 0 Å². The number of rotatable bonds is 2. The number of carbonyl (C=O) groups is 2. The average Bonchev–Trinajstić information content (AvgIpc) is 2.34. The smallest absolute Gasteiger partial charge is 0.248 e. The minimum absolute atomic E-state index is 0.00333. The first-order valence-corrected chi connectivity index (χ1v) is 6.97. The summed E-state index contributed by atoms with van der Waals surface area (Å²) in [6, 6.07) is 0. The zero-order valence-corrected chi connectivity index (χ0v) is 12.3. The number of carbonyl (C=O) groups excluding carboxylic acids is 2. The molecule has 0 saturated carbocycles. The molecule has 108 valence electrons. The first kappa shape index (κ1) is 14.3. The van der Waals surface area contributed by atoms with Gasteiger partial charge in [0.15, 0.2) is 0 Å². The van der Waals surface area contributed by atoms with Crippen molar-refractivity contribution in [2.24, 2.45) is 5.92 Å². The minimum atomic E-state index is -0.808. The Balaban J connectivity index is 2.18. The third-order valence-corrected chi connectivity index (χ3v) is 4.22. The highest BCUT2D eigenvalue weighted by Gasteiger charge is 2.50. The summed E-state index contributed by atoms with van der Waals surface area (Å²) in [4.78, 5) is 26.5. The fourth-order valence-corrected chi connectivity index (χ4v) is 2.70. The van der Waals surface area contributed by atoms with Crippen molar-refractivity contribution in [1.29, 1.82) is 0 Å². The van der Waals surface area contributed by atoms with Gasteiger partial charge in [0.2, 0.25) is 11.8 Å². The topological polar surface area (TPSA) is 58.6 Å². The van der Waals surface area contributed by atoms with Gasteiger partial charge in [-0.25, -0.2) is 0 Å². The molecular formula is C14H24N2O3. The second-order valence-electron chi connectivity index (χ2n) is 6.61. The molecular weight excluding hydrogens is 244 g/mol. The molecule has 5 heteroatoms. The molecule has 0 aromatic rings. The molecule has 19 heavy (non-hydrogen) atoms. The summed E-state index contributed by atoms with van der Waals surface area (Å²) >= 11 is 0. The zero-order valence-electron chi connectivity index (χ0n) is 12.3. The van der Waals surface area contributed by atoms with E-state index in [1.54, 1.807) is 18.7 Å². The van der Waals surface area contributed by atoms with Crippen molar-refractivity contribution in [3.05, 3.63) is 0 Å². The van der Waals surface area contributed by atoms with E-state index in [0.717, 1.165) is 26.1 Å². The van der Waals surface area contributed by atoms with Gasteiger partial charge in [0.1, 0.15) is 11.1 Å². The Morgan fingerprint density at radius 3 is 2.37 bits per heavy atom. The summed E-state index contributed by atoms with van der Waals surface area (Å²) in [6.07, 6.45) is 1.92. The van der Waals surface area contributed by atoms with Crippen molar-refractivity contribution in [2.75, 3.05) is 19.8 Å². The number of hydrogen-bond acceptors (Lipinski definition) is 3. The van der Waals surface area contributed by atoms with Gasteiger partial charge in [0.05, 0.1) is 0 Å². The van der Waals surface area contributed by atoms with Crippen LogP contribution in [0.1, 0.15) is 40.5 Å². The Labute approximate surface area is 114 Å². The van der Waals surface area contributed by atoms with E-state index in [4.69, 9.17) is 4.74 Å². The van der Waals surface area contributed by atoms with E-state index in [0.29, 0.717) is 12.5 Å². The van der Waals surface area contributed by atoms with Gasteiger partial charge in [-0.15, -0.1) is 0 Å². The maximum Gasteiger partial charge on any atom is 0.248 e. The third-order valence-electron chi connectivity index (χ3n) is 4.22. The van der Waals surface area contributed by atoms with Gasteiger partial charge >= 0.3 is 0 Å². The lowest BCUT2D eigenvalue weighted by Gasteiger charge is -2.48. The van der Waals surface area contributed by atoms with E-state index < -0.39 is 11.1 Å². The molecule has 0 atom stereocenters. The van der Waals surface area contributed by atoms with Crippen LogP contribution in [0, 0.1) is 5.92 Å². The molecule has 2 aliphatic rings. The second kappa shape index (κ2) is 4.78. The molecule has 0 aromatic carbocycles. The second-order valence-corrected chi connectivity index (χ2v) is 6.61. The predicted molar refractivity (Wildman–Crippen MR) is 71.6 cm³/mol. The molecule has 2 saturated heterocycles. The molecule has 2 amide bonds. The van der Waals surface area contributed by atoms with Crippen LogP contribution in [0.15, 0.2) is 0 Å². The Bertz CT molecular complexity index is 384. The zero-order chi connectivity index (χ0) is 14.3. The Hall–Kier alpha value is -1.10. The van der Waals surface area contributed by atoms with Gasteiger partial charge in [-0.2, -0.15) is 0 Å². The number of nitrogens with one attached hydrogen (secondary N) is 1. The first-order valence-electron chi connectivity index (χ1n) is 6.97. The van der Waals surface area contributed by atoms with Crippen molar-refractivity contribution in [2.45, 2.75) is 51.6 Å². The maximum atomic E-state index is 12.6. The van der Waals surface area contributed by atoms with Crippen LogP contribution in [0.5, 0.6) is 0 Å². The van der Waals surface area contributed by atoms with E-state index in [-0.39, 0.29) is 11.8 Å². The van der Waals surface area contributed by atoms with E-state index in [1.165, 1.54) is 0 Å². The molecule has 0 aliphatic carbocycles. The minimum Gasteiger partial charge on any atom is -0.381 e. The monoisotopic (exact) mass is 268 g/mol. The molecule has 0 aromatic heterocycles. The van der Waals surface area contributed by atoms with Crippen LogP contribution in [0.3, 0.4) is 0 Å². The predicted octanol–water partition coefficient (Wildman–Crippen LogP) is 0.929. The molecule has 5 nitrogen and oxygen atoms in total. The summed E-state index contributed by atoms with van der Waals surface area (Å²) < 4.78 is 5.35. The van der Waals surface area contributed by atoms with Gasteiger partial charge in [0, 0.05) is 19.8 Å². The lowest BCUT2D eigenvalue weighted by Crippen LogP contribution is -2.72. The van der Waals surface area contributed by atoms with Crippen LogP contribution in [0.25, 0.3) is 0 Å². The normalized spacial score (nSPS) is 27.3. The highest BCUT2D eigenvalue weighted by molar-refractivity contribution is 6.01. The quantitative estimate of drug-likeness (QED) is 0.810. The van der Waals surface area contributed by atoms with E-state index in [1.807, 2.05) is 13.8 Å². The lowest BCUT2D eigenvalue weighted by molar-refractivity contribution is -0.160. The lowest BCUT2D eigenvalue weighted by atomic mass is 9.87. The van der Waals surface area contributed by atoms with Crippen LogP contribution in [-0.4, -0.2) is 47.6 Å². The van der Waals surface area contributed by atoms with Gasteiger partial charge in [-0.1, -0.05) is 0 Å². The van der Waals surface area contributed by atoms with E-state index in [9.17, 15) is 9.59 Å². The highest BCUT2D eigenvalue weighted by Crippen LogP contribution is 2.28. The molecule has 0 spiro atoms. The van der Waals surface area contributed by atoms with Crippen molar-refractivity contribution in [3.8, 4) is 0 Å². The molecule has 2 heterocycles. The highest BCUT2D eigenvalue weighted by atomic mass is 16.5. The van der Waals surface area contributed by atoms with Gasteiger partial charge in [-0.3, -0.25) is 9.59 Å².